The molecule has 1 aliphatic heterocycles. The number of hydrogen-bond acceptors (Lipinski definition) is 2. The minimum absolute atomic E-state index is 0.583. The molecule has 0 amide bonds. The van der Waals surface area contributed by atoms with E-state index in [4.69, 9.17) is 0 Å². The minimum Gasteiger partial charge on any atom is -0.369 e. The average molecular weight is 202 g/mol. The number of nitrogens with zero attached hydrogens (tertiary/aromatic N) is 1. The van der Waals surface area contributed by atoms with Gasteiger partial charge in [0, 0.05) is 12.7 Å². The fourth-order valence-electron chi connectivity index (χ4n) is 2.41. The Bertz CT molecular complexity index is 392. The summed E-state index contributed by atoms with van der Waals surface area (Å²) in [5.41, 5.74) is 3.41. The van der Waals surface area contributed by atoms with Crippen LogP contribution in [0.4, 0.5) is 5.82 Å². The zero-order valence-electron chi connectivity index (χ0n) is 9.51. The number of aromatic nitrogens is 1. The molecule has 0 saturated heterocycles. The van der Waals surface area contributed by atoms with E-state index in [-0.39, 0.29) is 0 Å². The molecule has 0 aromatic carbocycles. The van der Waals surface area contributed by atoms with E-state index in [2.05, 4.69) is 30.2 Å². The first kappa shape index (κ1) is 9.20. The molecular formula is C13H18N2. The molecule has 0 radical (unpaired) electrons. The van der Waals surface area contributed by atoms with E-state index >= 15 is 0 Å². The first-order valence-corrected chi connectivity index (χ1v) is 5.91. The number of anilines is 1. The molecule has 1 aromatic heterocycles. The predicted molar refractivity (Wildman–Crippen MR) is 62.2 cm³/mol. The standard InChI is InChI=1S/C13H18N2/c1-9(2)11-5-10-6-13(3-4-13)8-15-12(10)14-7-11/h5,7,9H,3-4,6,8H2,1-2H3,(H,14,15). The quantitative estimate of drug-likeness (QED) is 0.757. The lowest BCUT2D eigenvalue weighted by Crippen LogP contribution is -2.25. The molecule has 2 heterocycles. The van der Waals surface area contributed by atoms with E-state index in [9.17, 15) is 0 Å². The van der Waals surface area contributed by atoms with Gasteiger partial charge in [-0.15, -0.1) is 0 Å². The Morgan fingerprint density at radius 3 is 2.87 bits per heavy atom. The van der Waals surface area contributed by atoms with Crippen LogP contribution < -0.4 is 5.32 Å². The van der Waals surface area contributed by atoms with Crippen molar-refractivity contribution in [1.82, 2.24) is 4.98 Å². The van der Waals surface area contributed by atoms with Crippen molar-refractivity contribution in [2.24, 2.45) is 5.41 Å². The van der Waals surface area contributed by atoms with Gasteiger partial charge >= 0.3 is 0 Å². The van der Waals surface area contributed by atoms with Crippen molar-refractivity contribution in [3.63, 3.8) is 0 Å². The van der Waals surface area contributed by atoms with Gasteiger partial charge in [0.1, 0.15) is 5.82 Å². The molecule has 0 unspecified atom stereocenters. The highest BCUT2D eigenvalue weighted by atomic mass is 15.0. The van der Waals surface area contributed by atoms with E-state index in [1.54, 1.807) is 0 Å². The Morgan fingerprint density at radius 1 is 1.40 bits per heavy atom. The van der Waals surface area contributed by atoms with Crippen LogP contribution in [0.3, 0.4) is 0 Å². The van der Waals surface area contributed by atoms with E-state index in [1.807, 2.05) is 6.20 Å². The average Bonchev–Trinajstić information content (AvgIpc) is 2.96. The Hall–Kier alpha value is -1.05. The van der Waals surface area contributed by atoms with E-state index < -0.39 is 0 Å². The van der Waals surface area contributed by atoms with Crippen LogP contribution in [-0.4, -0.2) is 11.5 Å². The van der Waals surface area contributed by atoms with Gasteiger partial charge in [-0.1, -0.05) is 19.9 Å². The van der Waals surface area contributed by atoms with Gasteiger partial charge in [0.15, 0.2) is 0 Å². The van der Waals surface area contributed by atoms with Crippen molar-refractivity contribution in [1.29, 1.82) is 0 Å². The summed E-state index contributed by atoms with van der Waals surface area (Å²) in [6.07, 6.45) is 6.04. The van der Waals surface area contributed by atoms with E-state index in [0.29, 0.717) is 11.3 Å². The van der Waals surface area contributed by atoms with Crippen LogP contribution in [0.15, 0.2) is 12.3 Å². The van der Waals surface area contributed by atoms with Crippen LogP contribution in [0.1, 0.15) is 43.7 Å². The van der Waals surface area contributed by atoms with Crippen LogP contribution in [0, 0.1) is 5.41 Å². The number of rotatable bonds is 1. The van der Waals surface area contributed by atoms with Gasteiger partial charge in [0.2, 0.25) is 0 Å². The second kappa shape index (κ2) is 2.97. The fraction of sp³-hybridized carbons (Fsp3) is 0.615. The van der Waals surface area contributed by atoms with Gasteiger partial charge in [-0.3, -0.25) is 0 Å². The molecule has 1 aromatic rings. The summed E-state index contributed by atoms with van der Waals surface area (Å²) in [7, 11) is 0. The molecule has 2 nitrogen and oxygen atoms in total. The van der Waals surface area contributed by atoms with Crippen LogP contribution in [0.2, 0.25) is 0 Å². The van der Waals surface area contributed by atoms with Crippen molar-refractivity contribution in [3.8, 4) is 0 Å². The largest absolute Gasteiger partial charge is 0.369 e. The van der Waals surface area contributed by atoms with Gasteiger partial charge in [-0.05, 0) is 41.7 Å². The molecule has 2 heteroatoms. The summed E-state index contributed by atoms with van der Waals surface area (Å²) < 4.78 is 0. The highest BCUT2D eigenvalue weighted by Crippen LogP contribution is 2.51. The monoisotopic (exact) mass is 202 g/mol. The molecule has 0 bridgehead atoms. The topological polar surface area (TPSA) is 24.9 Å². The highest BCUT2D eigenvalue weighted by Gasteiger charge is 2.45. The molecule has 2 aliphatic rings. The van der Waals surface area contributed by atoms with Crippen LogP contribution >= 0.6 is 0 Å². The molecule has 1 saturated carbocycles. The van der Waals surface area contributed by atoms with Crippen molar-refractivity contribution >= 4 is 5.82 Å². The molecule has 15 heavy (non-hydrogen) atoms. The van der Waals surface area contributed by atoms with Crippen molar-refractivity contribution in [3.05, 3.63) is 23.4 Å². The van der Waals surface area contributed by atoms with Crippen LogP contribution in [0.5, 0.6) is 0 Å². The summed E-state index contributed by atoms with van der Waals surface area (Å²) in [5, 5.41) is 3.47. The molecular weight excluding hydrogens is 184 g/mol. The molecule has 0 atom stereocenters. The molecule has 80 valence electrons. The zero-order valence-corrected chi connectivity index (χ0v) is 9.51. The summed E-state index contributed by atoms with van der Waals surface area (Å²) in [4.78, 5) is 4.52. The molecule has 1 N–H and O–H groups in total. The first-order valence-electron chi connectivity index (χ1n) is 5.91. The minimum atomic E-state index is 0.583. The highest BCUT2D eigenvalue weighted by molar-refractivity contribution is 5.50. The third kappa shape index (κ3) is 1.52. The number of nitrogens with one attached hydrogen (secondary N) is 1. The van der Waals surface area contributed by atoms with Gasteiger partial charge in [-0.25, -0.2) is 4.98 Å². The van der Waals surface area contributed by atoms with Crippen molar-refractivity contribution in [2.45, 2.75) is 39.0 Å². The van der Waals surface area contributed by atoms with Crippen molar-refractivity contribution in [2.75, 3.05) is 11.9 Å². The number of pyridine rings is 1. The van der Waals surface area contributed by atoms with Gasteiger partial charge < -0.3 is 5.32 Å². The molecule has 1 spiro atoms. The Kier molecular flexibility index (Phi) is 1.82. The summed E-state index contributed by atoms with van der Waals surface area (Å²) in [6.45, 7) is 5.59. The van der Waals surface area contributed by atoms with Gasteiger partial charge in [0.25, 0.3) is 0 Å². The summed E-state index contributed by atoms with van der Waals surface area (Å²) in [5.74, 6) is 1.71. The van der Waals surface area contributed by atoms with E-state index in [1.165, 1.54) is 30.4 Å². The van der Waals surface area contributed by atoms with Gasteiger partial charge in [-0.2, -0.15) is 0 Å². The fourth-order valence-corrected chi connectivity index (χ4v) is 2.41. The third-order valence-corrected chi connectivity index (χ3v) is 3.81. The molecule has 1 aliphatic carbocycles. The van der Waals surface area contributed by atoms with Crippen LogP contribution in [0.25, 0.3) is 0 Å². The Morgan fingerprint density at radius 2 is 2.20 bits per heavy atom. The second-order valence-corrected chi connectivity index (χ2v) is 5.46. The second-order valence-electron chi connectivity index (χ2n) is 5.46. The Balaban J connectivity index is 1.96. The Labute approximate surface area is 91.1 Å². The SMILES string of the molecule is CC(C)c1cnc2c(c1)CC1(CC1)CN2. The maximum atomic E-state index is 4.52. The smallest absolute Gasteiger partial charge is 0.129 e. The molecule has 3 rings (SSSR count). The van der Waals surface area contributed by atoms with Crippen molar-refractivity contribution < 1.29 is 0 Å². The summed E-state index contributed by atoms with van der Waals surface area (Å²) in [6, 6.07) is 2.35. The maximum Gasteiger partial charge on any atom is 0.129 e. The zero-order chi connectivity index (χ0) is 10.5. The maximum absolute atomic E-state index is 4.52. The lowest BCUT2D eigenvalue weighted by molar-refractivity contribution is 0.519. The molecule has 1 fully saturated rings. The van der Waals surface area contributed by atoms with Gasteiger partial charge in [0.05, 0.1) is 0 Å². The van der Waals surface area contributed by atoms with E-state index in [0.717, 1.165) is 12.4 Å². The normalized spacial score (nSPS) is 21.3. The summed E-state index contributed by atoms with van der Waals surface area (Å²) >= 11 is 0. The predicted octanol–water partition coefficient (Wildman–Crippen LogP) is 2.95. The first-order chi connectivity index (χ1) is 7.19. The van der Waals surface area contributed by atoms with Crippen LogP contribution in [-0.2, 0) is 6.42 Å². The third-order valence-electron chi connectivity index (χ3n) is 3.81. The number of fused-ring (bicyclic) bond motifs is 1. The number of hydrogen-bond donors (Lipinski definition) is 1. The lowest BCUT2D eigenvalue weighted by Gasteiger charge is -2.25. The lowest BCUT2D eigenvalue weighted by atomic mass is 9.91.